The normalized spacial score (nSPS) is 11.0. The Balaban J connectivity index is 2.07. The number of rotatable bonds is 12. The van der Waals surface area contributed by atoms with Gasteiger partial charge in [0.2, 0.25) is 0 Å². The molecule has 2 aromatic carbocycles. The van der Waals surface area contributed by atoms with E-state index in [0.29, 0.717) is 34.4 Å². The fourth-order valence-corrected chi connectivity index (χ4v) is 3.44. The number of aryl methyl sites for hydroxylation is 1. The average molecular weight is 455 g/mol. The molecule has 0 unspecified atom stereocenters. The Morgan fingerprint density at radius 2 is 1.81 bits per heavy atom. The summed E-state index contributed by atoms with van der Waals surface area (Å²) in [6.07, 6.45) is 8.49. The Morgan fingerprint density at radius 3 is 2.47 bits per heavy atom. The van der Waals surface area contributed by atoms with Crippen LogP contribution in [0.25, 0.3) is 6.08 Å². The number of carbonyl (C=O) groups is 1. The molecule has 0 saturated carbocycles. The monoisotopic (exact) mass is 454 g/mol. The van der Waals surface area contributed by atoms with Gasteiger partial charge in [-0.3, -0.25) is 4.79 Å². The molecular weight excluding hydrogens is 424 g/mol. The highest BCUT2D eigenvalue weighted by Gasteiger charge is 2.14. The first-order chi connectivity index (χ1) is 15.5. The fourth-order valence-electron chi connectivity index (χ4n) is 3.17. The van der Waals surface area contributed by atoms with Crippen LogP contribution in [0.3, 0.4) is 0 Å². The summed E-state index contributed by atoms with van der Waals surface area (Å²) in [5.74, 6) is 0.447. The maximum atomic E-state index is 12.5. The molecule has 2 aromatic rings. The number of unbranched alkanes of at least 4 members (excludes halogenated alkanes) is 5. The van der Waals surface area contributed by atoms with Crippen LogP contribution in [0.2, 0.25) is 5.02 Å². The lowest BCUT2D eigenvalue weighted by Gasteiger charge is -2.13. The molecule has 170 valence electrons. The molecule has 1 N–H and O–H groups in total. The zero-order chi connectivity index (χ0) is 23.3. The van der Waals surface area contributed by atoms with E-state index in [4.69, 9.17) is 21.1 Å². The molecule has 6 heteroatoms. The van der Waals surface area contributed by atoms with Crippen LogP contribution in [-0.2, 0) is 4.79 Å². The number of hydrogen-bond acceptors (Lipinski definition) is 4. The summed E-state index contributed by atoms with van der Waals surface area (Å²) in [7, 11) is 1.53. The van der Waals surface area contributed by atoms with Crippen LogP contribution in [0.4, 0.5) is 5.69 Å². The molecule has 0 aliphatic heterocycles. The number of hydrogen-bond donors (Lipinski definition) is 1. The molecule has 0 bridgehead atoms. The quantitative estimate of drug-likeness (QED) is 0.214. The first-order valence-electron chi connectivity index (χ1n) is 11.0. The third-order valence-corrected chi connectivity index (χ3v) is 5.26. The molecule has 2 rings (SSSR count). The second-order valence-electron chi connectivity index (χ2n) is 7.64. The molecule has 0 saturated heterocycles. The molecule has 32 heavy (non-hydrogen) atoms. The zero-order valence-corrected chi connectivity index (χ0v) is 19.8. The van der Waals surface area contributed by atoms with Crippen LogP contribution in [0.15, 0.2) is 42.0 Å². The van der Waals surface area contributed by atoms with E-state index in [1.54, 1.807) is 24.3 Å². The van der Waals surface area contributed by atoms with Gasteiger partial charge in [0.1, 0.15) is 11.6 Å². The summed E-state index contributed by atoms with van der Waals surface area (Å²) < 4.78 is 11.3. The Labute approximate surface area is 196 Å². The van der Waals surface area contributed by atoms with Crippen LogP contribution in [-0.4, -0.2) is 19.6 Å². The van der Waals surface area contributed by atoms with Gasteiger partial charge in [-0.05, 0) is 49.2 Å². The number of benzene rings is 2. The average Bonchev–Trinajstić information content (AvgIpc) is 2.79. The number of amides is 1. The van der Waals surface area contributed by atoms with Gasteiger partial charge >= 0.3 is 0 Å². The largest absolute Gasteiger partial charge is 0.493 e. The highest BCUT2D eigenvalue weighted by atomic mass is 35.5. The summed E-state index contributed by atoms with van der Waals surface area (Å²) in [4.78, 5) is 12.5. The Bertz CT molecular complexity index is 962. The van der Waals surface area contributed by atoms with Crippen molar-refractivity contribution in [3.8, 4) is 17.6 Å². The van der Waals surface area contributed by atoms with E-state index < -0.39 is 5.91 Å². The van der Waals surface area contributed by atoms with Gasteiger partial charge in [0.25, 0.3) is 5.91 Å². The zero-order valence-electron chi connectivity index (χ0n) is 19.0. The van der Waals surface area contributed by atoms with E-state index in [-0.39, 0.29) is 5.57 Å². The van der Waals surface area contributed by atoms with Gasteiger partial charge in [0.05, 0.1) is 18.7 Å². The first kappa shape index (κ1) is 25.3. The van der Waals surface area contributed by atoms with E-state index in [1.807, 2.05) is 25.1 Å². The van der Waals surface area contributed by atoms with Crippen molar-refractivity contribution in [2.75, 3.05) is 19.0 Å². The second-order valence-corrected chi connectivity index (χ2v) is 8.05. The highest BCUT2D eigenvalue weighted by molar-refractivity contribution is 6.32. The van der Waals surface area contributed by atoms with Crippen molar-refractivity contribution in [3.05, 3.63) is 58.1 Å². The van der Waals surface area contributed by atoms with Crippen molar-refractivity contribution in [2.45, 2.75) is 52.4 Å². The molecule has 0 aliphatic rings. The topological polar surface area (TPSA) is 71.3 Å². The summed E-state index contributed by atoms with van der Waals surface area (Å²) in [6, 6.07) is 12.7. The van der Waals surface area contributed by atoms with Gasteiger partial charge in [-0.15, -0.1) is 0 Å². The van der Waals surface area contributed by atoms with Gasteiger partial charge in [-0.2, -0.15) is 5.26 Å². The van der Waals surface area contributed by atoms with Crippen LogP contribution < -0.4 is 14.8 Å². The smallest absolute Gasteiger partial charge is 0.266 e. The van der Waals surface area contributed by atoms with Crippen LogP contribution in [0.1, 0.15) is 56.6 Å². The Morgan fingerprint density at radius 1 is 1.12 bits per heavy atom. The Kier molecular flexibility index (Phi) is 10.6. The predicted molar refractivity (Wildman–Crippen MR) is 130 cm³/mol. The van der Waals surface area contributed by atoms with Crippen LogP contribution in [0.5, 0.6) is 11.5 Å². The van der Waals surface area contributed by atoms with E-state index in [1.165, 1.54) is 38.9 Å². The standard InChI is InChI=1S/C26H31ClN2O3/c1-4-5-6-7-8-9-14-32-25-23(27)16-20(17-24(25)31-3)15-21(18-28)26(30)29-22-12-10-19(2)11-13-22/h10-13,15-17H,4-9,14H2,1-3H3,(H,29,30)/b21-15-. The molecule has 1 amide bonds. The lowest BCUT2D eigenvalue weighted by Crippen LogP contribution is -2.13. The van der Waals surface area contributed by atoms with Crippen molar-refractivity contribution in [1.29, 1.82) is 5.26 Å². The fraction of sp³-hybridized carbons (Fsp3) is 0.385. The molecular formula is C26H31ClN2O3. The summed E-state index contributed by atoms with van der Waals surface area (Å²) in [5, 5.41) is 12.6. The summed E-state index contributed by atoms with van der Waals surface area (Å²) in [5.41, 5.74) is 2.24. The lowest BCUT2D eigenvalue weighted by atomic mass is 10.1. The number of carbonyl (C=O) groups excluding carboxylic acids is 1. The molecule has 0 spiro atoms. The lowest BCUT2D eigenvalue weighted by molar-refractivity contribution is -0.112. The van der Waals surface area contributed by atoms with E-state index in [9.17, 15) is 10.1 Å². The Hall–Kier alpha value is -2.97. The minimum atomic E-state index is -0.491. The maximum absolute atomic E-state index is 12.5. The van der Waals surface area contributed by atoms with Gasteiger partial charge in [-0.25, -0.2) is 0 Å². The third kappa shape index (κ3) is 7.94. The number of methoxy groups -OCH3 is 1. The van der Waals surface area contributed by atoms with Gasteiger partial charge in [-0.1, -0.05) is 68.3 Å². The highest BCUT2D eigenvalue weighted by Crippen LogP contribution is 2.37. The van der Waals surface area contributed by atoms with Crippen molar-refractivity contribution >= 4 is 29.3 Å². The minimum absolute atomic E-state index is 0.0376. The van der Waals surface area contributed by atoms with Crippen molar-refractivity contribution in [1.82, 2.24) is 0 Å². The van der Waals surface area contributed by atoms with E-state index in [0.717, 1.165) is 18.4 Å². The molecule has 0 aliphatic carbocycles. The molecule has 0 fully saturated rings. The summed E-state index contributed by atoms with van der Waals surface area (Å²) >= 11 is 6.43. The molecule has 0 atom stereocenters. The number of nitrogens with one attached hydrogen (secondary N) is 1. The summed E-state index contributed by atoms with van der Waals surface area (Å²) in [6.45, 7) is 4.72. The predicted octanol–water partition coefficient (Wildman–Crippen LogP) is 6.94. The number of nitrogens with zero attached hydrogens (tertiary/aromatic N) is 1. The van der Waals surface area contributed by atoms with Gasteiger partial charge < -0.3 is 14.8 Å². The maximum Gasteiger partial charge on any atom is 0.266 e. The van der Waals surface area contributed by atoms with Crippen molar-refractivity contribution in [2.24, 2.45) is 0 Å². The van der Waals surface area contributed by atoms with Crippen LogP contribution in [0, 0.1) is 18.3 Å². The molecule has 0 radical (unpaired) electrons. The number of nitriles is 1. The number of halogens is 1. The molecule has 0 aromatic heterocycles. The first-order valence-corrected chi connectivity index (χ1v) is 11.4. The minimum Gasteiger partial charge on any atom is -0.493 e. The van der Waals surface area contributed by atoms with Crippen LogP contribution >= 0.6 is 11.6 Å². The van der Waals surface area contributed by atoms with E-state index in [2.05, 4.69) is 12.2 Å². The van der Waals surface area contributed by atoms with Crippen molar-refractivity contribution < 1.29 is 14.3 Å². The third-order valence-electron chi connectivity index (χ3n) is 4.98. The SMILES string of the molecule is CCCCCCCCOc1c(Cl)cc(/C=C(/C#N)C(=O)Nc2ccc(C)cc2)cc1OC. The van der Waals surface area contributed by atoms with E-state index >= 15 is 0 Å². The van der Waals surface area contributed by atoms with Crippen molar-refractivity contribution in [3.63, 3.8) is 0 Å². The van der Waals surface area contributed by atoms with Gasteiger partial charge in [0.15, 0.2) is 11.5 Å². The number of anilines is 1. The second kappa shape index (κ2) is 13.4. The van der Waals surface area contributed by atoms with Gasteiger partial charge in [0, 0.05) is 5.69 Å². The number of ether oxygens (including phenoxy) is 2. The molecule has 0 heterocycles. The molecule has 5 nitrogen and oxygen atoms in total.